The average molecular weight is 325 g/mol. The summed E-state index contributed by atoms with van der Waals surface area (Å²) in [7, 11) is 1.83. The van der Waals surface area contributed by atoms with E-state index in [1.165, 1.54) is 0 Å². The van der Waals surface area contributed by atoms with Crippen molar-refractivity contribution in [2.45, 2.75) is 6.42 Å². The van der Waals surface area contributed by atoms with Crippen molar-refractivity contribution in [2.75, 3.05) is 26.7 Å². The minimum absolute atomic E-state index is 0.0757. The zero-order valence-electron chi connectivity index (χ0n) is 13.5. The number of hydrogen-bond donors (Lipinski definition) is 0. The molecule has 6 nitrogen and oxygen atoms in total. The summed E-state index contributed by atoms with van der Waals surface area (Å²) >= 11 is 0. The number of hydrogen-bond acceptors (Lipinski definition) is 4. The molecule has 24 heavy (non-hydrogen) atoms. The van der Waals surface area contributed by atoms with E-state index in [1.54, 1.807) is 15.9 Å². The fourth-order valence-corrected chi connectivity index (χ4v) is 3.64. The molecule has 0 N–H and O–H groups in total. The van der Waals surface area contributed by atoms with Gasteiger partial charge in [0.1, 0.15) is 0 Å². The number of benzene rings is 1. The highest BCUT2D eigenvalue weighted by molar-refractivity contribution is 5.94. The lowest BCUT2D eigenvalue weighted by Gasteiger charge is -2.30. The van der Waals surface area contributed by atoms with E-state index in [0.717, 1.165) is 18.5 Å². The second-order valence-corrected chi connectivity index (χ2v) is 6.57. The van der Waals surface area contributed by atoms with Crippen LogP contribution in [0.5, 0.6) is 0 Å². The van der Waals surface area contributed by atoms with Gasteiger partial charge in [-0.25, -0.2) is 0 Å². The largest absolute Gasteiger partial charge is 0.355 e. The second-order valence-electron chi connectivity index (χ2n) is 6.57. The maximum atomic E-state index is 12.7. The van der Waals surface area contributed by atoms with E-state index in [1.807, 2.05) is 37.4 Å². The molecule has 1 aromatic carbocycles. The van der Waals surface area contributed by atoms with Gasteiger partial charge in [-0.15, -0.1) is 0 Å². The minimum atomic E-state index is -0.161. The maximum Gasteiger partial charge on any atom is 0.276 e. The lowest BCUT2D eigenvalue weighted by atomic mass is 9.88. The van der Waals surface area contributed by atoms with Crippen LogP contribution < -0.4 is 0 Å². The van der Waals surface area contributed by atoms with Gasteiger partial charge in [-0.1, -0.05) is 35.5 Å². The Kier molecular flexibility index (Phi) is 3.59. The molecule has 2 saturated heterocycles. The lowest BCUT2D eigenvalue weighted by molar-refractivity contribution is -0.137. The van der Waals surface area contributed by atoms with Crippen molar-refractivity contribution in [1.29, 1.82) is 0 Å². The lowest BCUT2D eigenvalue weighted by Crippen LogP contribution is -2.42. The number of likely N-dealkylation sites (tertiary alicyclic amines) is 2. The molecular formula is C18H19N3O3. The predicted molar refractivity (Wildman–Crippen MR) is 87.1 cm³/mol. The predicted octanol–water partition coefficient (Wildman–Crippen LogP) is 1.89. The zero-order valence-corrected chi connectivity index (χ0v) is 13.5. The van der Waals surface area contributed by atoms with Gasteiger partial charge in [0.15, 0.2) is 11.5 Å². The number of amides is 2. The van der Waals surface area contributed by atoms with E-state index in [0.29, 0.717) is 24.5 Å². The fraction of sp³-hybridized carbons (Fsp3) is 0.389. The third kappa shape index (κ3) is 2.48. The van der Waals surface area contributed by atoms with E-state index in [4.69, 9.17) is 4.52 Å². The second kappa shape index (κ2) is 5.78. The van der Waals surface area contributed by atoms with Gasteiger partial charge in [0.2, 0.25) is 5.91 Å². The van der Waals surface area contributed by atoms with Crippen molar-refractivity contribution < 1.29 is 14.1 Å². The van der Waals surface area contributed by atoms with Crippen LogP contribution in [0, 0.1) is 11.8 Å². The summed E-state index contributed by atoms with van der Waals surface area (Å²) in [5, 5.41) is 3.93. The third-order valence-electron chi connectivity index (χ3n) is 5.04. The molecular weight excluding hydrogens is 306 g/mol. The first-order chi connectivity index (χ1) is 11.6. The molecule has 4 rings (SSSR count). The van der Waals surface area contributed by atoms with Crippen molar-refractivity contribution >= 4 is 11.8 Å². The monoisotopic (exact) mass is 325 g/mol. The number of carbonyl (C=O) groups excluding carboxylic acids is 2. The minimum Gasteiger partial charge on any atom is -0.355 e. The topological polar surface area (TPSA) is 66.7 Å². The number of nitrogens with zero attached hydrogens (tertiary/aromatic N) is 3. The fourth-order valence-electron chi connectivity index (χ4n) is 3.64. The van der Waals surface area contributed by atoms with Gasteiger partial charge in [0.25, 0.3) is 5.91 Å². The SMILES string of the molecule is CN1CC[C@@H]2CN(C(=O)c3cc(-c4ccccc4)on3)C[C@@H]2C1=O. The molecule has 0 unspecified atom stereocenters. The van der Waals surface area contributed by atoms with E-state index in [2.05, 4.69) is 5.16 Å². The normalized spacial score (nSPS) is 23.5. The molecule has 0 aliphatic carbocycles. The van der Waals surface area contributed by atoms with Gasteiger partial charge in [-0.05, 0) is 12.3 Å². The van der Waals surface area contributed by atoms with Crippen LogP contribution in [0.1, 0.15) is 16.9 Å². The Bertz CT molecular complexity index is 771. The van der Waals surface area contributed by atoms with E-state index < -0.39 is 0 Å². The Hall–Kier alpha value is -2.63. The van der Waals surface area contributed by atoms with Crippen LogP contribution in [-0.2, 0) is 4.79 Å². The summed E-state index contributed by atoms with van der Waals surface area (Å²) in [6.45, 7) is 1.86. The Balaban J connectivity index is 1.51. The molecule has 2 aromatic rings. The van der Waals surface area contributed by atoms with Crippen molar-refractivity contribution in [1.82, 2.24) is 15.0 Å². The molecule has 2 aliphatic rings. The first-order valence-electron chi connectivity index (χ1n) is 8.20. The number of aromatic nitrogens is 1. The molecule has 2 atom stereocenters. The van der Waals surface area contributed by atoms with Gasteiger partial charge < -0.3 is 14.3 Å². The van der Waals surface area contributed by atoms with Gasteiger partial charge in [-0.3, -0.25) is 9.59 Å². The molecule has 6 heteroatoms. The van der Waals surface area contributed by atoms with Crippen molar-refractivity contribution in [3.63, 3.8) is 0 Å². The molecule has 0 saturated carbocycles. The van der Waals surface area contributed by atoms with Crippen LogP contribution in [0.4, 0.5) is 0 Å². The Morgan fingerprint density at radius 1 is 1.25 bits per heavy atom. The van der Waals surface area contributed by atoms with Crippen LogP contribution in [-0.4, -0.2) is 53.5 Å². The first-order valence-corrected chi connectivity index (χ1v) is 8.20. The van der Waals surface area contributed by atoms with Crippen LogP contribution in [0.3, 0.4) is 0 Å². The molecule has 2 fully saturated rings. The van der Waals surface area contributed by atoms with Gasteiger partial charge in [0.05, 0.1) is 5.92 Å². The van der Waals surface area contributed by atoms with Crippen LogP contribution in [0.2, 0.25) is 0 Å². The van der Waals surface area contributed by atoms with Crippen LogP contribution in [0.15, 0.2) is 40.9 Å². The third-order valence-corrected chi connectivity index (χ3v) is 5.04. The summed E-state index contributed by atoms with van der Waals surface area (Å²) in [4.78, 5) is 28.5. The zero-order chi connectivity index (χ0) is 16.7. The Morgan fingerprint density at radius 3 is 2.83 bits per heavy atom. The number of carbonyl (C=O) groups is 2. The van der Waals surface area contributed by atoms with Crippen LogP contribution in [0.25, 0.3) is 11.3 Å². The van der Waals surface area contributed by atoms with Crippen LogP contribution >= 0.6 is 0 Å². The van der Waals surface area contributed by atoms with E-state index in [9.17, 15) is 9.59 Å². The molecule has 0 spiro atoms. The molecule has 2 amide bonds. The number of rotatable bonds is 2. The highest BCUT2D eigenvalue weighted by atomic mass is 16.5. The Labute approximate surface area is 140 Å². The average Bonchev–Trinajstić information content (AvgIpc) is 3.26. The molecule has 2 aliphatic heterocycles. The van der Waals surface area contributed by atoms with E-state index in [-0.39, 0.29) is 23.7 Å². The summed E-state index contributed by atoms with van der Waals surface area (Å²) in [6.07, 6.45) is 0.949. The Morgan fingerprint density at radius 2 is 2.04 bits per heavy atom. The molecule has 0 bridgehead atoms. The molecule has 3 heterocycles. The van der Waals surface area contributed by atoms with Crippen molar-refractivity contribution in [3.8, 4) is 11.3 Å². The van der Waals surface area contributed by atoms with Gasteiger partial charge in [0, 0.05) is 38.3 Å². The highest BCUT2D eigenvalue weighted by Crippen LogP contribution is 2.32. The van der Waals surface area contributed by atoms with Gasteiger partial charge >= 0.3 is 0 Å². The summed E-state index contributed by atoms with van der Waals surface area (Å²) in [5.41, 5.74) is 1.18. The van der Waals surface area contributed by atoms with E-state index >= 15 is 0 Å². The smallest absolute Gasteiger partial charge is 0.276 e. The number of fused-ring (bicyclic) bond motifs is 1. The van der Waals surface area contributed by atoms with Crippen molar-refractivity contribution in [3.05, 3.63) is 42.1 Å². The quantitative estimate of drug-likeness (QED) is 0.846. The maximum absolute atomic E-state index is 12.7. The summed E-state index contributed by atoms with van der Waals surface area (Å²) in [6, 6.07) is 11.2. The summed E-state index contributed by atoms with van der Waals surface area (Å²) in [5.74, 6) is 0.746. The molecule has 1 aromatic heterocycles. The molecule has 124 valence electrons. The van der Waals surface area contributed by atoms with Crippen molar-refractivity contribution in [2.24, 2.45) is 11.8 Å². The molecule has 0 radical (unpaired) electrons. The highest BCUT2D eigenvalue weighted by Gasteiger charge is 2.43. The summed E-state index contributed by atoms with van der Waals surface area (Å²) < 4.78 is 5.32. The number of piperidine rings is 1. The standard InChI is InChI=1S/C18H19N3O3/c1-20-8-7-13-10-21(11-14(13)17(20)22)18(23)15-9-16(24-19-15)12-5-3-2-4-6-12/h2-6,9,13-14H,7-8,10-11H2,1H3/t13-,14+/m1/s1. The first kappa shape index (κ1) is 14.9. The van der Waals surface area contributed by atoms with Gasteiger partial charge in [-0.2, -0.15) is 0 Å².